The van der Waals surface area contributed by atoms with Crippen LogP contribution in [0.1, 0.15) is 33.7 Å². The molecule has 4 rings (SSSR count). The topological polar surface area (TPSA) is 55.4 Å². The number of hydrogen-bond acceptors (Lipinski definition) is 6. The maximum absolute atomic E-state index is 5.89. The first kappa shape index (κ1) is 23.4. The number of rotatable bonds is 7. The number of methoxy groups -OCH3 is 6. The highest BCUT2D eigenvalue weighted by Crippen LogP contribution is 2.53. The van der Waals surface area contributed by atoms with E-state index in [0.717, 1.165) is 65.9 Å². The SMILES string of the molecule is COc1cc(I)c(C2c3c(cc(OC)cc3OC)Cc3cc(OC)cc(OC)c32)c(OC)c1. The fraction of sp³-hybridized carbons (Fsp3) is 0.308. The van der Waals surface area contributed by atoms with Crippen molar-refractivity contribution in [2.24, 2.45) is 0 Å². The van der Waals surface area contributed by atoms with Crippen LogP contribution in [0, 0.1) is 3.57 Å². The second-order valence-electron chi connectivity index (χ2n) is 7.64. The van der Waals surface area contributed by atoms with Crippen molar-refractivity contribution in [2.75, 3.05) is 42.7 Å². The lowest BCUT2D eigenvalue weighted by molar-refractivity contribution is 0.378. The van der Waals surface area contributed by atoms with Crippen molar-refractivity contribution in [1.82, 2.24) is 0 Å². The molecule has 3 aromatic carbocycles. The fourth-order valence-electron chi connectivity index (χ4n) is 4.61. The van der Waals surface area contributed by atoms with Crippen LogP contribution in [-0.2, 0) is 6.42 Å². The van der Waals surface area contributed by atoms with Gasteiger partial charge >= 0.3 is 0 Å². The van der Waals surface area contributed by atoms with Gasteiger partial charge in [0.25, 0.3) is 0 Å². The molecular formula is C26H27IO6. The zero-order valence-corrected chi connectivity index (χ0v) is 21.7. The summed E-state index contributed by atoms with van der Waals surface area (Å²) >= 11 is 2.34. The molecule has 33 heavy (non-hydrogen) atoms. The minimum absolute atomic E-state index is 0.196. The Balaban J connectivity index is 2.12. The second kappa shape index (κ2) is 9.59. The smallest absolute Gasteiger partial charge is 0.127 e. The lowest BCUT2D eigenvalue weighted by atomic mass is 9.73. The van der Waals surface area contributed by atoms with E-state index < -0.39 is 0 Å². The molecule has 174 valence electrons. The first-order chi connectivity index (χ1) is 16.0. The Morgan fingerprint density at radius 3 is 1.33 bits per heavy atom. The zero-order chi connectivity index (χ0) is 23.7. The summed E-state index contributed by atoms with van der Waals surface area (Å²) in [5, 5.41) is 0. The molecule has 0 fully saturated rings. The molecule has 0 amide bonds. The number of hydrogen-bond donors (Lipinski definition) is 0. The van der Waals surface area contributed by atoms with Crippen LogP contribution in [0.15, 0.2) is 36.4 Å². The highest BCUT2D eigenvalue weighted by atomic mass is 127. The highest BCUT2D eigenvalue weighted by molar-refractivity contribution is 14.1. The van der Waals surface area contributed by atoms with Gasteiger partial charge in [0, 0.05) is 44.4 Å². The number of fused-ring (bicyclic) bond motifs is 2. The first-order valence-electron chi connectivity index (χ1n) is 10.4. The Kier molecular flexibility index (Phi) is 6.78. The first-order valence-corrected chi connectivity index (χ1v) is 11.5. The number of ether oxygens (including phenoxy) is 6. The van der Waals surface area contributed by atoms with Gasteiger partial charge in [0.1, 0.15) is 34.5 Å². The predicted molar refractivity (Wildman–Crippen MR) is 135 cm³/mol. The van der Waals surface area contributed by atoms with Crippen molar-refractivity contribution in [2.45, 2.75) is 12.3 Å². The average Bonchev–Trinajstić information content (AvgIpc) is 2.85. The lowest BCUT2D eigenvalue weighted by Gasteiger charge is -2.33. The lowest BCUT2D eigenvalue weighted by Crippen LogP contribution is -2.19. The van der Waals surface area contributed by atoms with E-state index in [4.69, 9.17) is 28.4 Å². The monoisotopic (exact) mass is 562 g/mol. The third-order valence-corrected chi connectivity index (χ3v) is 6.97. The van der Waals surface area contributed by atoms with Crippen molar-refractivity contribution in [3.8, 4) is 34.5 Å². The summed E-state index contributed by atoms with van der Waals surface area (Å²) in [7, 11) is 10.0. The van der Waals surface area contributed by atoms with E-state index in [1.807, 2.05) is 24.3 Å². The molecule has 0 heterocycles. The third kappa shape index (κ3) is 4.03. The van der Waals surface area contributed by atoms with E-state index in [1.165, 1.54) is 0 Å². The Bertz CT molecular complexity index is 1100. The molecule has 0 atom stereocenters. The fourth-order valence-corrected chi connectivity index (χ4v) is 5.49. The normalized spacial score (nSPS) is 12.5. The molecule has 0 aromatic heterocycles. The van der Waals surface area contributed by atoms with Crippen LogP contribution < -0.4 is 28.4 Å². The van der Waals surface area contributed by atoms with E-state index in [1.54, 1.807) is 42.7 Å². The molecule has 7 heteroatoms. The molecule has 0 saturated heterocycles. The van der Waals surface area contributed by atoms with Crippen molar-refractivity contribution in [1.29, 1.82) is 0 Å². The summed E-state index contributed by atoms with van der Waals surface area (Å²) in [5.41, 5.74) is 5.39. The van der Waals surface area contributed by atoms with Gasteiger partial charge in [-0.3, -0.25) is 0 Å². The van der Waals surface area contributed by atoms with Gasteiger partial charge in [-0.25, -0.2) is 0 Å². The molecule has 6 nitrogen and oxygen atoms in total. The summed E-state index contributed by atoms with van der Waals surface area (Å²) in [6, 6.07) is 11.9. The zero-order valence-electron chi connectivity index (χ0n) is 19.6. The molecule has 1 aliphatic carbocycles. The van der Waals surface area contributed by atoms with Gasteiger partial charge in [0.05, 0.1) is 42.7 Å². The van der Waals surface area contributed by atoms with Crippen LogP contribution in [0.2, 0.25) is 0 Å². The Morgan fingerprint density at radius 2 is 0.939 bits per heavy atom. The van der Waals surface area contributed by atoms with Gasteiger partial charge in [-0.05, 0) is 58.3 Å². The second-order valence-corrected chi connectivity index (χ2v) is 8.80. The Morgan fingerprint density at radius 1 is 0.545 bits per heavy atom. The van der Waals surface area contributed by atoms with Crippen LogP contribution in [-0.4, -0.2) is 42.7 Å². The molecule has 0 unspecified atom stereocenters. The Hall–Kier alpha value is -2.81. The minimum atomic E-state index is -0.196. The summed E-state index contributed by atoms with van der Waals surface area (Å²) in [5.74, 6) is 4.28. The van der Waals surface area contributed by atoms with E-state index >= 15 is 0 Å². The van der Waals surface area contributed by atoms with Crippen LogP contribution in [0.4, 0.5) is 0 Å². The molecule has 0 bridgehead atoms. The van der Waals surface area contributed by atoms with Crippen LogP contribution in [0.5, 0.6) is 34.5 Å². The summed E-state index contributed by atoms with van der Waals surface area (Å²) in [6.07, 6.45) is 0.692. The van der Waals surface area contributed by atoms with Gasteiger partial charge < -0.3 is 28.4 Å². The van der Waals surface area contributed by atoms with Gasteiger partial charge in [-0.15, -0.1) is 0 Å². The molecular weight excluding hydrogens is 535 g/mol. The molecule has 1 aliphatic rings. The average molecular weight is 562 g/mol. The van der Waals surface area contributed by atoms with Crippen molar-refractivity contribution < 1.29 is 28.4 Å². The molecule has 0 radical (unpaired) electrons. The van der Waals surface area contributed by atoms with Crippen LogP contribution >= 0.6 is 22.6 Å². The summed E-state index contributed by atoms with van der Waals surface area (Å²) in [4.78, 5) is 0. The Labute approximate surface area is 207 Å². The maximum atomic E-state index is 5.89. The van der Waals surface area contributed by atoms with E-state index in [-0.39, 0.29) is 5.92 Å². The maximum Gasteiger partial charge on any atom is 0.127 e. The highest BCUT2D eigenvalue weighted by Gasteiger charge is 2.36. The minimum Gasteiger partial charge on any atom is -0.497 e. The molecule has 0 saturated carbocycles. The van der Waals surface area contributed by atoms with Crippen molar-refractivity contribution in [3.05, 3.63) is 67.8 Å². The molecule has 0 spiro atoms. The number of halogens is 1. The quantitative estimate of drug-likeness (QED) is 0.280. The van der Waals surface area contributed by atoms with E-state index in [9.17, 15) is 0 Å². The molecule has 0 N–H and O–H groups in total. The van der Waals surface area contributed by atoms with Gasteiger partial charge in [0.15, 0.2) is 0 Å². The largest absolute Gasteiger partial charge is 0.497 e. The van der Waals surface area contributed by atoms with E-state index in [0.29, 0.717) is 6.42 Å². The van der Waals surface area contributed by atoms with Gasteiger partial charge in [0.2, 0.25) is 0 Å². The molecule has 0 aliphatic heterocycles. The van der Waals surface area contributed by atoms with E-state index in [2.05, 4.69) is 34.7 Å². The summed E-state index contributed by atoms with van der Waals surface area (Å²) < 4.78 is 35.3. The van der Waals surface area contributed by atoms with Gasteiger partial charge in [-0.1, -0.05) is 0 Å². The predicted octanol–water partition coefficient (Wildman–Crippen LogP) is 5.43. The standard InChI is InChI=1S/C26H27IO6/c1-28-16-8-14-7-15-9-17(29-2)12-21(32-5)24(15)26(23(14)20(11-16)31-4)25-19(27)10-18(30-3)13-22(25)33-6/h8-13,26H,7H2,1-6H3. The van der Waals surface area contributed by atoms with Crippen molar-refractivity contribution >= 4 is 22.6 Å². The van der Waals surface area contributed by atoms with Crippen LogP contribution in [0.3, 0.4) is 0 Å². The van der Waals surface area contributed by atoms with Crippen molar-refractivity contribution in [3.63, 3.8) is 0 Å². The molecule has 3 aromatic rings. The van der Waals surface area contributed by atoms with Crippen LogP contribution in [0.25, 0.3) is 0 Å². The number of benzene rings is 3. The van der Waals surface area contributed by atoms with Gasteiger partial charge in [-0.2, -0.15) is 0 Å². The third-order valence-electron chi connectivity index (χ3n) is 6.08. The summed E-state index contributed by atoms with van der Waals surface area (Å²) in [6.45, 7) is 0.